The van der Waals surface area contributed by atoms with Gasteiger partial charge in [0.05, 0.1) is 0 Å². The van der Waals surface area contributed by atoms with Gasteiger partial charge in [-0.3, -0.25) is 4.79 Å². The van der Waals surface area contributed by atoms with Crippen LogP contribution in [0.15, 0.2) is 36.5 Å². The molecule has 0 spiro atoms. The first-order valence-electron chi connectivity index (χ1n) is 8.09. The zero-order valence-corrected chi connectivity index (χ0v) is 13.1. The van der Waals surface area contributed by atoms with E-state index < -0.39 is 12.0 Å². The lowest BCUT2D eigenvalue weighted by Gasteiger charge is -2.34. The number of hydrogen-bond acceptors (Lipinski definition) is 4. The fraction of sp³-hybridized carbons (Fsp3) is 0.333. The Labute approximate surface area is 139 Å². The predicted octanol–water partition coefficient (Wildman–Crippen LogP) is 2.18. The van der Waals surface area contributed by atoms with Crippen LogP contribution in [-0.4, -0.2) is 38.4 Å². The highest BCUT2D eigenvalue weighted by Gasteiger charge is 2.37. The number of carboxylic acids is 1. The molecule has 2 aromatic rings. The zero-order valence-electron chi connectivity index (χ0n) is 13.1. The van der Waals surface area contributed by atoms with E-state index in [2.05, 4.69) is 9.97 Å². The van der Waals surface area contributed by atoms with Gasteiger partial charge in [-0.05, 0) is 36.5 Å². The van der Waals surface area contributed by atoms with E-state index >= 15 is 0 Å². The molecule has 2 heterocycles. The van der Waals surface area contributed by atoms with Crippen molar-refractivity contribution in [3.05, 3.63) is 59.2 Å². The SMILES string of the molecule is O=C(O)C1c2ccccc2CCN1C(=O)c1ccnc(C2CC2)n1. The summed E-state index contributed by atoms with van der Waals surface area (Å²) >= 11 is 0. The van der Waals surface area contributed by atoms with Crippen LogP contribution in [0, 0.1) is 0 Å². The summed E-state index contributed by atoms with van der Waals surface area (Å²) in [5.74, 6) is -0.339. The molecule has 2 aliphatic rings. The van der Waals surface area contributed by atoms with Gasteiger partial charge in [-0.15, -0.1) is 0 Å². The highest BCUT2D eigenvalue weighted by molar-refractivity contribution is 5.95. The van der Waals surface area contributed by atoms with Crippen LogP contribution in [0.25, 0.3) is 0 Å². The Morgan fingerprint density at radius 1 is 1.17 bits per heavy atom. The van der Waals surface area contributed by atoms with Crippen LogP contribution in [0.5, 0.6) is 0 Å². The van der Waals surface area contributed by atoms with Gasteiger partial charge in [0.15, 0.2) is 6.04 Å². The number of rotatable bonds is 3. The zero-order chi connectivity index (χ0) is 16.7. The molecular weight excluding hydrogens is 306 g/mol. The fourth-order valence-electron chi connectivity index (χ4n) is 3.23. The van der Waals surface area contributed by atoms with Crippen molar-refractivity contribution >= 4 is 11.9 Å². The molecule has 1 saturated carbocycles. The second kappa shape index (κ2) is 5.70. The summed E-state index contributed by atoms with van der Waals surface area (Å²) in [5, 5.41) is 9.68. The number of amides is 1. The van der Waals surface area contributed by atoms with Crippen LogP contribution in [0.1, 0.15) is 52.2 Å². The van der Waals surface area contributed by atoms with Crippen molar-refractivity contribution < 1.29 is 14.7 Å². The lowest BCUT2D eigenvalue weighted by molar-refractivity contribution is -0.143. The summed E-state index contributed by atoms with van der Waals surface area (Å²) in [7, 11) is 0. The van der Waals surface area contributed by atoms with E-state index in [0.717, 1.165) is 18.4 Å². The molecule has 1 unspecified atom stereocenters. The summed E-state index contributed by atoms with van der Waals surface area (Å²) in [5.41, 5.74) is 1.94. The number of carbonyl (C=O) groups is 2. The second-order valence-corrected chi connectivity index (χ2v) is 6.26. The number of hydrogen-bond donors (Lipinski definition) is 1. The Morgan fingerprint density at radius 3 is 2.71 bits per heavy atom. The number of aliphatic carboxylic acids is 1. The number of fused-ring (bicyclic) bond motifs is 1. The molecule has 6 nitrogen and oxygen atoms in total. The van der Waals surface area contributed by atoms with Crippen molar-refractivity contribution in [3.8, 4) is 0 Å². The maximum atomic E-state index is 12.9. The van der Waals surface area contributed by atoms with Crippen molar-refractivity contribution in [2.24, 2.45) is 0 Å². The number of nitrogens with zero attached hydrogens (tertiary/aromatic N) is 3. The van der Waals surface area contributed by atoms with Gasteiger partial charge in [-0.2, -0.15) is 0 Å². The summed E-state index contributed by atoms with van der Waals surface area (Å²) in [6, 6.07) is 7.99. The third-order valence-corrected chi connectivity index (χ3v) is 4.61. The van der Waals surface area contributed by atoms with Gasteiger partial charge in [0.2, 0.25) is 0 Å². The van der Waals surface area contributed by atoms with Crippen molar-refractivity contribution in [1.29, 1.82) is 0 Å². The standard InChI is InChI=1S/C18H17N3O3/c22-17(14-7-9-19-16(20-14)12-5-6-12)21-10-8-11-3-1-2-4-13(11)15(21)18(23)24/h1-4,7,9,12,15H,5-6,8,10H2,(H,23,24). The van der Waals surface area contributed by atoms with Gasteiger partial charge in [-0.25, -0.2) is 14.8 Å². The minimum atomic E-state index is -1.02. The van der Waals surface area contributed by atoms with Crippen molar-refractivity contribution in [2.45, 2.75) is 31.2 Å². The molecule has 1 atom stereocenters. The minimum absolute atomic E-state index is 0.275. The van der Waals surface area contributed by atoms with Gasteiger partial charge in [0, 0.05) is 18.7 Å². The fourth-order valence-corrected chi connectivity index (χ4v) is 3.23. The highest BCUT2D eigenvalue weighted by atomic mass is 16.4. The smallest absolute Gasteiger partial charge is 0.331 e. The summed E-state index contributed by atoms with van der Waals surface area (Å²) in [6.07, 6.45) is 4.33. The molecule has 1 aromatic carbocycles. The number of carboxylic acid groups (broad SMARTS) is 1. The van der Waals surface area contributed by atoms with Gasteiger partial charge in [0.25, 0.3) is 5.91 Å². The predicted molar refractivity (Wildman–Crippen MR) is 85.6 cm³/mol. The molecule has 122 valence electrons. The maximum Gasteiger partial charge on any atom is 0.331 e. The molecule has 0 saturated heterocycles. The van der Waals surface area contributed by atoms with E-state index in [1.165, 1.54) is 4.90 Å². The Balaban J connectivity index is 1.68. The molecule has 4 rings (SSSR count). The van der Waals surface area contributed by atoms with Gasteiger partial charge < -0.3 is 10.0 Å². The molecule has 1 amide bonds. The monoisotopic (exact) mass is 323 g/mol. The van der Waals surface area contributed by atoms with Crippen LogP contribution in [0.2, 0.25) is 0 Å². The summed E-state index contributed by atoms with van der Waals surface area (Å²) in [4.78, 5) is 34.7. The maximum absolute atomic E-state index is 12.9. The molecule has 1 aliphatic carbocycles. The first-order valence-corrected chi connectivity index (χ1v) is 8.09. The quantitative estimate of drug-likeness (QED) is 0.936. The van der Waals surface area contributed by atoms with E-state index in [9.17, 15) is 14.7 Å². The topological polar surface area (TPSA) is 83.4 Å². The average Bonchev–Trinajstić information content (AvgIpc) is 3.45. The highest BCUT2D eigenvalue weighted by Crippen LogP contribution is 2.38. The van der Waals surface area contributed by atoms with E-state index in [-0.39, 0.29) is 11.6 Å². The van der Waals surface area contributed by atoms with E-state index in [4.69, 9.17) is 0 Å². The largest absolute Gasteiger partial charge is 0.479 e. The van der Waals surface area contributed by atoms with E-state index in [1.54, 1.807) is 24.4 Å². The summed E-state index contributed by atoms with van der Waals surface area (Å²) < 4.78 is 0. The molecule has 0 bridgehead atoms. The average molecular weight is 323 g/mol. The molecule has 0 radical (unpaired) electrons. The Bertz CT molecular complexity index is 817. The first-order chi connectivity index (χ1) is 11.6. The first kappa shape index (κ1) is 14.8. The molecule has 24 heavy (non-hydrogen) atoms. The number of benzene rings is 1. The lowest BCUT2D eigenvalue weighted by atomic mass is 9.92. The molecule has 1 N–H and O–H groups in total. The normalized spacial score (nSPS) is 19.7. The van der Waals surface area contributed by atoms with Crippen LogP contribution in [0.4, 0.5) is 0 Å². The molecule has 6 heteroatoms. The third kappa shape index (κ3) is 2.54. The van der Waals surface area contributed by atoms with E-state index in [1.807, 2.05) is 12.1 Å². The van der Waals surface area contributed by atoms with Crippen molar-refractivity contribution in [3.63, 3.8) is 0 Å². The number of carbonyl (C=O) groups excluding carboxylic acids is 1. The second-order valence-electron chi connectivity index (χ2n) is 6.26. The molecule has 1 aromatic heterocycles. The lowest BCUT2D eigenvalue weighted by Crippen LogP contribution is -2.43. The van der Waals surface area contributed by atoms with Crippen molar-refractivity contribution in [1.82, 2.24) is 14.9 Å². The third-order valence-electron chi connectivity index (χ3n) is 4.61. The van der Waals surface area contributed by atoms with Crippen LogP contribution < -0.4 is 0 Å². The Hall–Kier alpha value is -2.76. The van der Waals surface area contributed by atoms with Gasteiger partial charge in [-0.1, -0.05) is 24.3 Å². The Morgan fingerprint density at radius 2 is 1.96 bits per heavy atom. The van der Waals surface area contributed by atoms with Crippen LogP contribution in [-0.2, 0) is 11.2 Å². The van der Waals surface area contributed by atoms with Crippen LogP contribution >= 0.6 is 0 Å². The Kier molecular flexibility index (Phi) is 3.52. The van der Waals surface area contributed by atoms with Crippen LogP contribution in [0.3, 0.4) is 0 Å². The molecule has 1 fully saturated rings. The summed E-state index contributed by atoms with van der Waals surface area (Å²) in [6.45, 7) is 0.371. The van der Waals surface area contributed by atoms with Gasteiger partial charge in [0.1, 0.15) is 11.5 Å². The minimum Gasteiger partial charge on any atom is -0.479 e. The number of aromatic nitrogens is 2. The van der Waals surface area contributed by atoms with Gasteiger partial charge >= 0.3 is 5.97 Å². The molecule has 1 aliphatic heterocycles. The van der Waals surface area contributed by atoms with Crippen molar-refractivity contribution in [2.75, 3.05) is 6.54 Å². The molecular formula is C18H17N3O3. The van der Waals surface area contributed by atoms with E-state index in [0.29, 0.717) is 30.3 Å².